The van der Waals surface area contributed by atoms with Crippen LogP contribution in [-0.4, -0.2) is 49.6 Å². The van der Waals surface area contributed by atoms with E-state index in [0.717, 1.165) is 0 Å². The zero-order valence-electron chi connectivity index (χ0n) is 13.7. The van der Waals surface area contributed by atoms with Crippen molar-refractivity contribution in [2.75, 3.05) is 18.4 Å². The molecule has 1 aliphatic heterocycles. The van der Waals surface area contributed by atoms with Crippen LogP contribution in [0.3, 0.4) is 0 Å². The number of likely N-dealkylation sites (tertiary alicyclic amines) is 1. The highest BCUT2D eigenvalue weighted by Crippen LogP contribution is 2.21. The van der Waals surface area contributed by atoms with Gasteiger partial charge >= 0.3 is 0 Å². The van der Waals surface area contributed by atoms with Gasteiger partial charge in [-0.3, -0.25) is 9.59 Å². The van der Waals surface area contributed by atoms with Crippen LogP contribution in [0.4, 0.5) is 5.69 Å². The van der Waals surface area contributed by atoms with Crippen LogP contribution in [0.15, 0.2) is 31.0 Å². The summed E-state index contributed by atoms with van der Waals surface area (Å²) in [7, 11) is 0. The maximum atomic E-state index is 12.4. The van der Waals surface area contributed by atoms with Crippen LogP contribution in [0, 0.1) is 11.8 Å². The van der Waals surface area contributed by atoms with E-state index in [1.165, 1.54) is 11.0 Å². The number of anilines is 1. The van der Waals surface area contributed by atoms with Gasteiger partial charge in [0, 0.05) is 19.5 Å². The van der Waals surface area contributed by atoms with Crippen molar-refractivity contribution < 1.29 is 9.59 Å². The Balaban J connectivity index is 1.60. The highest BCUT2D eigenvalue weighted by atomic mass is 16.2. The monoisotopic (exact) mass is 328 g/mol. The highest BCUT2D eigenvalue weighted by Gasteiger charge is 2.34. The molecule has 8 heteroatoms. The minimum absolute atomic E-state index is 0.0449. The third kappa shape index (κ3) is 3.58. The number of amides is 2. The van der Waals surface area contributed by atoms with Gasteiger partial charge in [-0.05, 0) is 18.1 Å². The van der Waals surface area contributed by atoms with Gasteiger partial charge in [0.1, 0.15) is 12.7 Å². The molecule has 0 bridgehead atoms. The van der Waals surface area contributed by atoms with Gasteiger partial charge < -0.3 is 10.2 Å². The molecular formula is C16H20N6O2. The number of nitrogens with one attached hydrogen (secondary N) is 1. The molecule has 1 atom stereocenters. The summed E-state index contributed by atoms with van der Waals surface area (Å²) < 4.78 is 1.53. The third-order valence-electron chi connectivity index (χ3n) is 3.84. The Morgan fingerprint density at radius 3 is 2.88 bits per heavy atom. The molecule has 0 saturated carbocycles. The first-order chi connectivity index (χ1) is 11.5. The number of pyridine rings is 1. The van der Waals surface area contributed by atoms with Crippen LogP contribution < -0.4 is 5.32 Å². The van der Waals surface area contributed by atoms with Gasteiger partial charge in [-0.1, -0.05) is 13.8 Å². The number of hydrogen-bond donors (Lipinski definition) is 1. The topological polar surface area (TPSA) is 93.0 Å². The van der Waals surface area contributed by atoms with Crippen molar-refractivity contribution in [3.8, 4) is 5.82 Å². The molecule has 3 heterocycles. The van der Waals surface area contributed by atoms with Gasteiger partial charge in [0.05, 0.1) is 17.8 Å². The van der Waals surface area contributed by atoms with Gasteiger partial charge in [-0.2, -0.15) is 5.10 Å². The lowest BCUT2D eigenvalue weighted by atomic mass is 10.1. The van der Waals surface area contributed by atoms with Crippen LogP contribution in [0.5, 0.6) is 0 Å². The Bertz CT molecular complexity index is 711. The van der Waals surface area contributed by atoms with Crippen molar-refractivity contribution in [3.05, 3.63) is 31.0 Å². The summed E-state index contributed by atoms with van der Waals surface area (Å²) in [5, 5.41) is 6.82. The Hall–Kier alpha value is -2.77. The van der Waals surface area contributed by atoms with Crippen molar-refractivity contribution in [2.45, 2.75) is 20.3 Å². The minimum Gasteiger partial charge on any atom is -0.342 e. The largest absolute Gasteiger partial charge is 0.342 e. The molecule has 2 amide bonds. The quantitative estimate of drug-likeness (QED) is 0.887. The van der Waals surface area contributed by atoms with Crippen molar-refractivity contribution >= 4 is 17.5 Å². The summed E-state index contributed by atoms with van der Waals surface area (Å²) in [4.78, 5) is 34.2. The molecule has 0 unspecified atom stereocenters. The van der Waals surface area contributed by atoms with Gasteiger partial charge in [0.25, 0.3) is 0 Å². The lowest BCUT2D eigenvalue weighted by molar-refractivity contribution is -0.128. The lowest BCUT2D eigenvalue weighted by Crippen LogP contribution is -2.31. The SMILES string of the molecule is CC(C)CN1C[C@@H](C(=O)Nc2ccc(-n3cncn3)nc2)CC1=O. The predicted molar refractivity (Wildman–Crippen MR) is 87.3 cm³/mol. The third-order valence-corrected chi connectivity index (χ3v) is 3.84. The summed E-state index contributed by atoms with van der Waals surface area (Å²) in [6, 6.07) is 3.50. The highest BCUT2D eigenvalue weighted by molar-refractivity contribution is 5.97. The van der Waals surface area contributed by atoms with Gasteiger partial charge in [0.2, 0.25) is 11.8 Å². The normalized spacial score (nSPS) is 17.5. The first-order valence-corrected chi connectivity index (χ1v) is 7.92. The van der Waals surface area contributed by atoms with E-state index >= 15 is 0 Å². The van der Waals surface area contributed by atoms with Crippen molar-refractivity contribution in [1.29, 1.82) is 0 Å². The average molecular weight is 328 g/mol. The molecular weight excluding hydrogens is 308 g/mol. The standard InChI is InChI=1S/C16H20N6O2/c1-11(2)7-21-8-12(5-15(21)23)16(24)20-13-3-4-14(18-6-13)22-10-17-9-19-22/h3-4,6,9-12H,5,7-8H2,1-2H3,(H,20,24)/t12-/m0/s1. The van der Waals surface area contributed by atoms with Crippen LogP contribution in [0.1, 0.15) is 20.3 Å². The molecule has 1 N–H and O–H groups in total. The zero-order chi connectivity index (χ0) is 17.1. The lowest BCUT2D eigenvalue weighted by Gasteiger charge is -2.18. The maximum Gasteiger partial charge on any atom is 0.229 e. The van der Waals surface area contributed by atoms with Gasteiger partial charge in [-0.15, -0.1) is 0 Å². The number of hydrogen-bond acceptors (Lipinski definition) is 5. The molecule has 0 aromatic carbocycles. The Labute approximate surface area is 139 Å². The summed E-state index contributed by atoms with van der Waals surface area (Å²) >= 11 is 0. The van der Waals surface area contributed by atoms with Crippen molar-refractivity contribution in [1.82, 2.24) is 24.6 Å². The average Bonchev–Trinajstić information content (AvgIpc) is 3.18. The molecule has 0 spiro atoms. The maximum absolute atomic E-state index is 12.4. The molecule has 2 aromatic heterocycles. The molecule has 3 rings (SSSR count). The van der Waals surface area contributed by atoms with Crippen LogP contribution in [0.2, 0.25) is 0 Å². The molecule has 1 aliphatic rings. The van der Waals surface area contributed by atoms with E-state index in [9.17, 15) is 9.59 Å². The van der Waals surface area contributed by atoms with E-state index in [2.05, 4.69) is 34.2 Å². The number of carbonyl (C=O) groups excluding carboxylic acids is 2. The fourth-order valence-electron chi connectivity index (χ4n) is 2.73. The molecule has 8 nitrogen and oxygen atoms in total. The Morgan fingerprint density at radius 2 is 2.25 bits per heavy atom. The fourth-order valence-corrected chi connectivity index (χ4v) is 2.73. The van der Waals surface area contributed by atoms with E-state index in [-0.39, 0.29) is 24.2 Å². The molecule has 1 saturated heterocycles. The van der Waals surface area contributed by atoms with Gasteiger partial charge in [0.15, 0.2) is 5.82 Å². The van der Waals surface area contributed by atoms with Crippen molar-refractivity contribution in [3.63, 3.8) is 0 Å². The summed E-state index contributed by atoms with van der Waals surface area (Å²) in [6.07, 6.45) is 4.81. The zero-order valence-corrected chi connectivity index (χ0v) is 13.7. The minimum atomic E-state index is -0.314. The summed E-state index contributed by atoms with van der Waals surface area (Å²) in [5.41, 5.74) is 0.596. The second-order valence-electron chi connectivity index (χ2n) is 6.33. The van der Waals surface area contributed by atoms with Crippen LogP contribution in [-0.2, 0) is 9.59 Å². The number of carbonyl (C=O) groups is 2. The second-order valence-corrected chi connectivity index (χ2v) is 6.33. The molecule has 24 heavy (non-hydrogen) atoms. The predicted octanol–water partition coefficient (Wildman–Crippen LogP) is 1.11. The smallest absolute Gasteiger partial charge is 0.229 e. The number of aromatic nitrogens is 4. The first-order valence-electron chi connectivity index (χ1n) is 7.92. The van der Waals surface area contributed by atoms with E-state index < -0.39 is 0 Å². The molecule has 0 aliphatic carbocycles. The molecule has 1 fully saturated rings. The van der Waals surface area contributed by atoms with Crippen LogP contribution in [0.25, 0.3) is 5.82 Å². The Kier molecular flexibility index (Phi) is 4.54. The number of rotatable bonds is 5. The molecule has 126 valence electrons. The van der Waals surface area contributed by atoms with E-state index in [0.29, 0.717) is 30.5 Å². The summed E-state index contributed by atoms with van der Waals surface area (Å²) in [5.74, 6) is 0.591. The fraction of sp³-hybridized carbons (Fsp3) is 0.438. The number of nitrogens with zero attached hydrogens (tertiary/aromatic N) is 5. The first kappa shape index (κ1) is 16.1. The van der Waals surface area contributed by atoms with Gasteiger partial charge in [-0.25, -0.2) is 14.6 Å². The summed E-state index contributed by atoms with van der Waals surface area (Å²) in [6.45, 7) is 5.29. The second kappa shape index (κ2) is 6.77. The molecule has 0 radical (unpaired) electrons. The molecule has 2 aromatic rings. The Morgan fingerprint density at radius 1 is 1.42 bits per heavy atom. The van der Waals surface area contributed by atoms with Crippen LogP contribution >= 0.6 is 0 Å². The van der Waals surface area contributed by atoms with E-state index in [1.54, 1.807) is 29.6 Å². The van der Waals surface area contributed by atoms with Crippen molar-refractivity contribution in [2.24, 2.45) is 11.8 Å². The van der Waals surface area contributed by atoms with E-state index in [4.69, 9.17) is 0 Å². The van der Waals surface area contributed by atoms with E-state index in [1.807, 2.05) is 0 Å².